The van der Waals surface area contributed by atoms with Crippen LogP contribution >= 0.6 is 0 Å². The van der Waals surface area contributed by atoms with Crippen LogP contribution in [0.15, 0.2) is 66.8 Å². The van der Waals surface area contributed by atoms with Crippen molar-refractivity contribution in [2.24, 2.45) is 11.3 Å². The highest BCUT2D eigenvalue weighted by Gasteiger charge is 2.49. The number of anilines is 1. The summed E-state index contributed by atoms with van der Waals surface area (Å²) in [5.41, 5.74) is 5.13. The van der Waals surface area contributed by atoms with E-state index in [1.54, 1.807) is 12.4 Å². The van der Waals surface area contributed by atoms with E-state index < -0.39 is 5.97 Å². The van der Waals surface area contributed by atoms with Gasteiger partial charge in [-0.1, -0.05) is 6.07 Å². The molecular formula is C26H25FN4O2. The summed E-state index contributed by atoms with van der Waals surface area (Å²) in [4.78, 5) is 25.0. The summed E-state index contributed by atoms with van der Waals surface area (Å²) in [5.74, 6) is -1.14. The van der Waals surface area contributed by atoms with Gasteiger partial charge in [0.25, 0.3) is 0 Å². The maximum absolute atomic E-state index is 13.6. The zero-order chi connectivity index (χ0) is 22.6. The fourth-order valence-corrected chi connectivity index (χ4v) is 5.87. The molecule has 1 aromatic heterocycles. The third-order valence-corrected chi connectivity index (χ3v) is 7.59. The number of aliphatic carboxylic acids is 1. The average Bonchev–Trinajstić information content (AvgIpc) is 3.33. The zero-order valence-electron chi connectivity index (χ0n) is 18.2. The van der Waals surface area contributed by atoms with E-state index in [-0.39, 0.29) is 23.3 Å². The standard InChI is InChI=1S/C26H25FN4O2/c27-19-2-4-20(5-3-19)30-15-21-14-26(9-7-17(8-10-26)25(32)33)16-31(21)24(30)18-1-6-22-23(13-18)29-12-11-28-22/h1-6,11-13,15,17,24H,7-10,14,16H2,(H,32,33). The molecule has 6 rings (SSSR count). The van der Waals surface area contributed by atoms with Gasteiger partial charge in [0, 0.05) is 36.5 Å². The van der Waals surface area contributed by atoms with Gasteiger partial charge in [0.1, 0.15) is 12.0 Å². The number of hydrogen-bond acceptors (Lipinski definition) is 5. The second-order valence-electron chi connectivity index (χ2n) is 9.60. The molecule has 2 aliphatic heterocycles. The minimum Gasteiger partial charge on any atom is -0.481 e. The molecule has 168 valence electrons. The molecule has 3 aliphatic rings. The lowest BCUT2D eigenvalue weighted by Gasteiger charge is -2.39. The lowest BCUT2D eigenvalue weighted by molar-refractivity contribution is -0.143. The quantitative estimate of drug-likeness (QED) is 0.606. The molecule has 1 saturated carbocycles. The van der Waals surface area contributed by atoms with Gasteiger partial charge in [0.05, 0.1) is 17.0 Å². The van der Waals surface area contributed by atoms with Crippen LogP contribution in [0.1, 0.15) is 43.8 Å². The van der Waals surface area contributed by atoms with Crippen molar-refractivity contribution in [2.45, 2.75) is 38.3 Å². The van der Waals surface area contributed by atoms with Crippen molar-refractivity contribution < 1.29 is 14.3 Å². The van der Waals surface area contributed by atoms with E-state index in [1.807, 2.05) is 18.2 Å². The van der Waals surface area contributed by atoms with Gasteiger partial charge in [-0.2, -0.15) is 0 Å². The Balaban J connectivity index is 1.37. The van der Waals surface area contributed by atoms with Crippen LogP contribution in [0.5, 0.6) is 0 Å². The number of benzene rings is 2. The molecule has 1 aliphatic carbocycles. The van der Waals surface area contributed by atoms with Crippen molar-refractivity contribution in [3.8, 4) is 0 Å². The lowest BCUT2D eigenvalue weighted by atomic mass is 9.69. The van der Waals surface area contributed by atoms with Gasteiger partial charge in [-0.25, -0.2) is 4.39 Å². The molecule has 3 aromatic rings. The van der Waals surface area contributed by atoms with Crippen LogP contribution in [-0.2, 0) is 4.79 Å². The van der Waals surface area contributed by atoms with Gasteiger partial charge >= 0.3 is 5.97 Å². The lowest BCUT2D eigenvalue weighted by Crippen LogP contribution is -2.37. The summed E-state index contributed by atoms with van der Waals surface area (Å²) >= 11 is 0. The van der Waals surface area contributed by atoms with E-state index in [9.17, 15) is 14.3 Å². The highest BCUT2D eigenvalue weighted by atomic mass is 19.1. The Kier molecular flexibility index (Phi) is 4.60. The number of rotatable bonds is 3. The van der Waals surface area contributed by atoms with E-state index in [0.717, 1.165) is 60.9 Å². The number of nitrogens with zero attached hydrogens (tertiary/aromatic N) is 4. The van der Waals surface area contributed by atoms with Crippen LogP contribution in [0.2, 0.25) is 0 Å². The first-order valence-electron chi connectivity index (χ1n) is 11.5. The second kappa shape index (κ2) is 7.54. The molecule has 0 radical (unpaired) electrons. The molecule has 0 bridgehead atoms. The molecule has 1 atom stereocenters. The first-order chi connectivity index (χ1) is 16.0. The summed E-state index contributed by atoms with van der Waals surface area (Å²) in [6.45, 7) is 0.895. The van der Waals surface area contributed by atoms with Crippen molar-refractivity contribution in [3.63, 3.8) is 0 Å². The summed E-state index contributed by atoms with van der Waals surface area (Å²) in [6.07, 6.45) is 9.83. The molecule has 1 saturated heterocycles. The van der Waals surface area contributed by atoms with Crippen LogP contribution in [-0.4, -0.2) is 32.5 Å². The predicted molar refractivity (Wildman–Crippen MR) is 123 cm³/mol. The third kappa shape index (κ3) is 3.43. The zero-order valence-corrected chi connectivity index (χ0v) is 18.2. The van der Waals surface area contributed by atoms with Crippen molar-refractivity contribution in [1.29, 1.82) is 0 Å². The second-order valence-corrected chi connectivity index (χ2v) is 9.60. The number of carboxylic acid groups (broad SMARTS) is 1. The summed E-state index contributed by atoms with van der Waals surface area (Å²) in [6, 6.07) is 12.8. The molecule has 1 unspecified atom stereocenters. The maximum atomic E-state index is 13.6. The Bertz CT molecular complexity index is 1250. The van der Waals surface area contributed by atoms with Crippen molar-refractivity contribution >= 4 is 22.7 Å². The molecule has 2 aromatic carbocycles. The molecule has 7 heteroatoms. The molecular weight excluding hydrogens is 419 g/mol. The monoisotopic (exact) mass is 444 g/mol. The van der Waals surface area contributed by atoms with Crippen LogP contribution in [0.3, 0.4) is 0 Å². The van der Waals surface area contributed by atoms with Gasteiger partial charge in [-0.15, -0.1) is 0 Å². The highest BCUT2D eigenvalue weighted by molar-refractivity contribution is 5.75. The molecule has 3 heterocycles. The Morgan fingerprint density at radius 2 is 1.76 bits per heavy atom. The highest BCUT2D eigenvalue weighted by Crippen LogP contribution is 2.54. The largest absolute Gasteiger partial charge is 0.481 e. The Hall–Kier alpha value is -3.48. The minimum absolute atomic E-state index is 0.0616. The molecule has 2 fully saturated rings. The summed E-state index contributed by atoms with van der Waals surface area (Å²) in [5, 5.41) is 9.42. The van der Waals surface area contributed by atoms with E-state index in [0.29, 0.717) is 0 Å². The Morgan fingerprint density at radius 1 is 1.03 bits per heavy atom. The van der Waals surface area contributed by atoms with Crippen molar-refractivity contribution in [3.05, 3.63) is 78.1 Å². The van der Waals surface area contributed by atoms with Crippen LogP contribution < -0.4 is 4.90 Å². The first-order valence-corrected chi connectivity index (χ1v) is 11.5. The number of hydrogen-bond donors (Lipinski definition) is 1. The Morgan fingerprint density at radius 3 is 2.48 bits per heavy atom. The summed E-state index contributed by atoms with van der Waals surface area (Å²) < 4.78 is 13.6. The van der Waals surface area contributed by atoms with E-state index in [4.69, 9.17) is 0 Å². The van der Waals surface area contributed by atoms with Gasteiger partial charge in [-0.3, -0.25) is 14.8 Å². The number of halogens is 1. The summed E-state index contributed by atoms with van der Waals surface area (Å²) in [7, 11) is 0. The van der Waals surface area contributed by atoms with Crippen LogP contribution in [0.4, 0.5) is 10.1 Å². The fourth-order valence-electron chi connectivity index (χ4n) is 5.87. The average molecular weight is 445 g/mol. The maximum Gasteiger partial charge on any atom is 0.306 e. The van der Waals surface area contributed by atoms with Crippen LogP contribution in [0.25, 0.3) is 11.0 Å². The normalized spacial score (nSPS) is 26.6. The molecule has 0 amide bonds. The number of fused-ring (bicyclic) bond motifs is 2. The SMILES string of the molecule is O=C(O)C1CCC2(CC1)CC1=CN(c3ccc(F)cc3)C(c3ccc4nccnc4c3)N1C2. The molecule has 33 heavy (non-hydrogen) atoms. The van der Waals surface area contributed by atoms with Gasteiger partial charge < -0.3 is 14.9 Å². The number of carbonyl (C=O) groups is 1. The molecule has 1 spiro atoms. The smallest absolute Gasteiger partial charge is 0.306 e. The third-order valence-electron chi connectivity index (χ3n) is 7.59. The van der Waals surface area contributed by atoms with Gasteiger partial charge in [0.15, 0.2) is 0 Å². The van der Waals surface area contributed by atoms with E-state index in [2.05, 4.69) is 38.1 Å². The van der Waals surface area contributed by atoms with E-state index >= 15 is 0 Å². The predicted octanol–water partition coefficient (Wildman–Crippen LogP) is 5.10. The molecule has 1 N–H and O–H groups in total. The van der Waals surface area contributed by atoms with Crippen molar-refractivity contribution in [1.82, 2.24) is 14.9 Å². The molecule has 6 nitrogen and oxygen atoms in total. The number of carboxylic acids is 1. The first kappa shape index (κ1) is 20.1. The van der Waals surface area contributed by atoms with Crippen molar-refractivity contribution in [2.75, 3.05) is 11.4 Å². The number of allylic oxidation sites excluding steroid dienone is 1. The van der Waals surface area contributed by atoms with E-state index in [1.165, 1.54) is 17.8 Å². The fraction of sp³-hybridized carbons (Fsp3) is 0.346. The topological polar surface area (TPSA) is 69.6 Å². The minimum atomic E-state index is -0.666. The van der Waals surface area contributed by atoms with Gasteiger partial charge in [0.2, 0.25) is 0 Å². The Labute approximate surface area is 191 Å². The van der Waals surface area contributed by atoms with Gasteiger partial charge in [-0.05, 0) is 79.5 Å². The van der Waals surface area contributed by atoms with Crippen LogP contribution in [0, 0.1) is 17.2 Å². The number of aromatic nitrogens is 2.